The zero-order valence-corrected chi connectivity index (χ0v) is 19.0. The number of allylic oxidation sites excluding steroid dienone is 4. The van der Waals surface area contributed by atoms with Gasteiger partial charge in [0, 0.05) is 0 Å². The first-order valence-corrected chi connectivity index (χ1v) is 14.2. The van der Waals surface area contributed by atoms with Crippen molar-refractivity contribution in [2.75, 3.05) is 0 Å². The van der Waals surface area contributed by atoms with E-state index in [1.54, 1.807) is 0 Å². The molecular weight excluding hydrogens is 316 g/mol. The molecule has 0 N–H and O–H groups in total. The monoisotopic (exact) mass is 358 g/mol. The summed E-state index contributed by atoms with van der Waals surface area (Å²) in [5, 5.41) is 0. The topological polar surface area (TPSA) is 0 Å². The number of hydrogen-bond donors (Lipinski definition) is 0. The largest absolute Gasteiger partial charge is 0.0808 e. The molecule has 1 heteroatoms. The summed E-state index contributed by atoms with van der Waals surface area (Å²) in [5.74, 6) is 7.06. The first-order chi connectivity index (χ1) is 11.7. The third-order valence-electron chi connectivity index (χ3n) is 9.33. The van der Waals surface area contributed by atoms with Crippen molar-refractivity contribution in [2.45, 2.75) is 78.6 Å². The summed E-state index contributed by atoms with van der Waals surface area (Å²) < 4.78 is 0. The maximum absolute atomic E-state index is 2.77. The average Bonchev–Trinajstić information content (AvgIpc) is 2.96. The van der Waals surface area contributed by atoms with E-state index in [-0.39, 0.29) is 0 Å². The highest BCUT2D eigenvalue weighted by Crippen LogP contribution is 2.64. The second kappa shape index (κ2) is 7.02. The van der Waals surface area contributed by atoms with Gasteiger partial charge in [0.1, 0.15) is 0 Å². The predicted octanol–water partition coefficient (Wildman–Crippen LogP) is 7.42. The molecule has 0 aromatic heterocycles. The Morgan fingerprint density at radius 1 is 0.680 bits per heavy atom. The Hall–Kier alpha value is -0.303. The van der Waals surface area contributed by atoms with Gasteiger partial charge in [0.2, 0.25) is 0 Å². The van der Waals surface area contributed by atoms with Gasteiger partial charge in [-0.1, -0.05) is 85.4 Å². The highest BCUT2D eigenvalue weighted by Gasteiger charge is 2.58. The highest BCUT2D eigenvalue weighted by atomic mass is 28.3. The predicted molar refractivity (Wildman–Crippen MR) is 114 cm³/mol. The molecule has 0 nitrogen and oxygen atoms in total. The molecule has 0 saturated heterocycles. The van der Waals surface area contributed by atoms with Gasteiger partial charge in [-0.05, 0) is 64.8 Å². The molecular formula is C24H42Si. The van der Waals surface area contributed by atoms with Gasteiger partial charge in [0.05, 0.1) is 8.07 Å². The van der Waals surface area contributed by atoms with Crippen LogP contribution in [0, 0.1) is 47.3 Å². The molecule has 3 aliphatic rings. The normalized spacial score (nSPS) is 49.6. The van der Waals surface area contributed by atoms with Crippen molar-refractivity contribution in [2.24, 2.45) is 47.3 Å². The molecule has 9 unspecified atom stereocenters. The SMILES string of the molecule is CCCC1C(C)C([Si](C)(C)C2C(C)C(C)C(C)C2C)C2C=CC=CC21. The molecule has 142 valence electrons. The summed E-state index contributed by atoms with van der Waals surface area (Å²) in [5.41, 5.74) is 1.95. The van der Waals surface area contributed by atoms with Crippen LogP contribution >= 0.6 is 0 Å². The summed E-state index contributed by atoms with van der Waals surface area (Å²) in [7, 11) is -1.37. The minimum absolute atomic E-state index is 0.818. The van der Waals surface area contributed by atoms with E-state index in [1.165, 1.54) is 12.8 Å². The third-order valence-corrected chi connectivity index (χ3v) is 14.7. The first-order valence-electron chi connectivity index (χ1n) is 11.1. The summed E-state index contributed by atoms with van der Waals surface area (Å²) in [4.78, 5) is 0. The lowest BCUT2D eigenvalue weighted by Crippen LogP contribution is -2.45. The van der Waals surface area contributed by atoms with Crippen LogP contribution in [0.5, 0.6) is 0 Å². The van der Waals surface area contributed by atoms with E-state index in [1.807, 2.05) is 0 Å². The number of hydrogen-bond acceptors (Lipinski definition) is 0. The van der Waals surface area contributed by atoms with Crippen LogP contribution in [0.3, 0.4) is 0 Å². The molecule has 0 heterocycles. The van der Waals surface area contributed by atoms with Gasteiger partial charge in [-0.25, -0.2) is 0 Å². The fraction of sp³-hybridized carbons (Fsp3) is 0.833. The standard InChI is InChI=1S/C24H42Si/c1-9-12-20-19(6)24(22-14-11-10-13-21(20)22)25(7,8)23-17(4)15(2)16(3)18(23)5/h10-11,13-24H,9,12H2,1-8H3. The van der Waals surface area contributed by atoms with Gasteiger partial charge in [0.15, 0.2) is 0 Å². The van der Waals surface area contributed by atoms with E-state index in [0.717, 1.165) is 58.4 Å². The van der Waals surface area contributed by atoms with E-state index in [9.17, 15) is 0 Å². The zero-order chi connectivity index (χ0) is 18.5. The molecule has 2 saturated carbocycles. The van der Waals surface area contributed by atoms with E-state index >= 15 is 0 Å². The fourth-order valence-electron chi connectivity index (χ4n) is 8.03. The van der Waals surface area contributed by atoms with Gasteiger partial charge in [-0.15, -0.1) is 0 Å². The number of fused-ring (bicyclic) bond motifs is 1. The van der Waals surface area contributed by atoms with Crippen molar-refractivity contribution in [1.29, 1.82) is 0 Å². The van der Waals surface area contributed by atoms with Crippen molar-refractivity contribution >= 4 is 8.07 Å². The summed E-state index contributed by atoms with van der Waals surface area (Å²) in [6, 6.07) is 0. The van der Waals surface area contributed by atoms with Crippen molar-refractivity contribution in [3.05, 3.63) is 24.3 Å². The summed E-state index contributed by atoms with van der Waals surface area (Å²) in [6.07, 6.45) is 12.6. The van der Waals surface area contributed by atoms with Crippen molar-refractivity contribution in [1.82, 2.24) is 0 Å². The number of rotatable bonds is 4. The minimum Gasteiger partial charge on any atom is -0.0808 e. The van der Waals surface area contributed by atoms with Crippen LogP contribution < -0.4 is 0 Å². The maximum Gasteiger partial charge on any atom is 0.0550 e. The van der Waals surface area contributed by atoms with Crippen LogP contribution in [0.4, 0.5) is 0 Å². The smallest absolute Gasteiger partial charge is 0.0550 e. The van der Waals surface area contributed by atoms with Crippen molar-refractivity contribution in [3.63, 3.8) is 0 Å². The Bertz CT molecular complexity index is 516. The quantitative estimate of drug-likeness (QED) is 0.459. The molecule has 25 heavy (non-hydrogen) atoms. The van der Waals surface area contributed by atoms with Crippen LogP contribution in [0.25, 0.3) is 0 Å². The second-order valence-corrected chi connectivity index (χ2v) is 15.5. The molecule has 2 fully saturated rings. The van der Waals surface area contributed by atoms with Crippen LogP contribution in [0.1, 0.15) is 54.4 Å². The van der Waals surface area contributed by atoms with Crippen molar-refractivity contribution < 1.29 is 0 Å². The maximum atomic E-state index is 2.77. The van der Waals surface area contributed by atoms with E-state index in [0.29, 0.717) is 0 Å². The molecule has 0 bridgehead atoms. The molecule has 0 radical (unpaired) electrons. The lowest BCUT2D eigenvalue weighted by atomic mass is 9.82. The molecule has 0 spiro atoms. The van der Waals surface area contributed by atoms with E-state index < -0.39 is 8.07 Å². The van der Waals surface area contributed by atoms with Gasteiger partial charge < -0.3 is 0 Å². The molecule has 0 amide bonds. The minimum atomic E-state index is -1.37. The van der Waals surface area contributed by atoms with Gasteiger partial charge >= 0.3 is 0 Å². The second-order valence-electron chi connectivity index (χ2n) is 10.5. The summed E-state index contributed by atoms with van der Waals surface area (Å²) >= 11 is 0. The lowest BCUT2D eigenvalue weighted by Gasteiger charge is -2.45. The molecule has 0 aromatic rings. The zero-order valence-electron chi connectivity index (χ0n) is 18.0. The first kappa shape index (κ1) is 19.5. The molecule has 9 atom stereocenters. The van der Waals surface area contributed by atoms with Crippen molar-refractivity contribution in [3.8, 4) is 0 Å². The Labute approximate surface area is 158 Å². The molecule has 0 aromatic carbocycles. The van der Waals surface area contributed by atoms with Crippen LogP contribution in [0.2, 0.25) is 24.2 Å². The average molecular weight is 359 g/mol. The van der Waals surface area contributed by atoms with Gasteiger partial charge in [0.25, 0.3) is 0 Å². The Morgan fingerprint density at radius 2 is 1.20 bits per heavy atom. The van der Waals surface area contributed by atoms with E-state index in [4.69, 9.17) is 0 Å². The third kappa shape index (κ3) is 2.93. The highest BCUT2D eigenvalue weighted by molar-refractivity contribution is 6.80. The lowest BCUT2D eigenvalue weighted by molar-refractivity contribution is 0.332. The molecule has 0 aliphatic heterocycles. The Kier molecular flexibility index (Phi) is 5.46. The molecule has 3 rings (SSSR count). The van der Waals surface area contributed by atoms with E-state index in [2.05, 4.69) is 78.9 Å². The fourth-order valence-corrected chi connectivity index (χ4v) is 14.7. The van der Waals surface area contributed by atoms with Crippen LogP contribution in [-0.4, -0.2) is 8.07 Å². The summed E-state index contributed by atoms with van der Waals surface area (Å²) in [6.45, 7) is 20.8. The molecule has 3 aliphatic carbocycles. The Morgan fingerprint density at radius 3 is 1.72 bits per heavy atom. The van der Waals surface area contributed by atoms with Crippen LogP contribution in [0.15, 0.2) is 24.3 Å². The van der Waals surface area contributed by atoms with Gasteiger partial charge in [-0.3, -0.25) is 0 Å². The Balaban J connectivity index is 1.96. The van der Waals surface area contributed by atoms with Gasteiger partial charge in [-0.2, -0.15) is 0 Å². The van der Waals surface area contributed by atoms with Crippen LogP contribution in [-0.2, 0) is 0 Å².